The van der Waals surface area contributed by atoms with E-state index in [4.69, 9.17) is 0 Å². The Morgan fingerprint density at radius 1 is 1.12 bits per heavy atom. The third-order valence-corrected chi connectivity index (χ3v) is 6.89. The Labute approximate surface area is 151 Å². The van der Waals surface area contributed by atoms with Crippen molar-refractivity contribution in [1.29, 1.82) is 0 Å². The smallest absolute Gasteiger partial charge is 0.230 e. The molecule has 138 valence electrons. The van der Waals surface area contributed by atoms with Gasteiger partial charge in [-0.1, -0.05) is 13.0 Å². The Morgan fingerprint density at radius 3 is 2.32 bits per heavy atom. The Hall–Kier alpha value is -1.40. The molecule has 3 rings (SSSR count). The largest absolute Gasteiger partial charge is 0.312 e. The molecule has 2 heterocycles. The van der Waals surface area contributed by atoms with Gasteiger partial charge in [-0.15, -0.1) is 0 Å². The zero-order chi connectivity index (χ0) is 18.4. The van der Waals surface area contributed by atoms with Gasteiger partial charge in [-0.05, 0) is 61.8 Å². The lowest BCUT2D eigenvalue weighted by atomic mass is 9.89. The van der Waals surface area contributed by atoms with E-state index in [0.29, 0.717) is 31.8 Å². The monoisotopic (exact) mass is 364 g/mol. The molecule has 0 aliphatic carbocycles. The lowest BCUT2D eigenvalue weighted by Crippen LogP contribution is -2.47. The van der Waals surface area contributed by atoms with Crippen LogP contribution in [0.3, 0.4) is 0 Å². The number of rotatable bonds is 2. The minimum atomic E-state index is -3.16. The molecule has 0 aromatic heterocycles. The predicted octanol–water partition coefficient (Wildman–Crippen LogP) is 2.50. The molecule has 1 atom stereocenters. The third-order valence-electron chi connectivity index (χ3n) is 5.59. The third kappa shape index (κ3) is 3.75. The number of fused-ring (bicyclic) bond motifs is 1. The molecule has 1 saturated heterocycles. The molecule has 0 bridgehead atoms. The molecule has 0 saturated carbocycles. The van der Waals surface area contributed by atoms with Crippen molar-refractivity contribution in [2.24, 2.45) is 11.8 Å². The summed E-state index contributed by atoms with van der Waals surface area (Å²) in [6.45, 7) is 8.02. The van der Waals surface area contributed by atoms with Gasteiger partial charge in [0.25, 0.3) is 0 Å². The van der Waals surface area contributed by atoms with Gasteiger partial charge >= 0.3 is 0 Å². The van der Waals surface area contributed by atoms with Crippen LogP contribution in [0.1, 0.15) is 36.5 Å². The van der Waals surface area contributed by atoms with Crippen LogP contribution in [0, 0.1) is 25.7 Å². The van der Waals surface area contributed by atoms with Gasteiger partial charge in [0.05, 0.1) is 6.26 Å². The fourth-order valence-electron chi connectivity index (χ4n) is 3.99. The van der Waals surface area contributed by atoms with E-state index in [-0.39, 0.29) is 11.8 Å². The van der Waals surface area contributed by atoms with E-state index in [1.807, 2.05) is 4.90 Å². The van der Waals surface area contributed by atoms with Crippen LogP contribution in [0.15, 0.2) is 12.1 Å². The molecule has 1 fully saturated rings. The fraction of sp³-hybridized carbons (Fsp3) is 0.632. The van der Waals surface area contributed by atoms with Gasteiger partial charge in [-0.25, -0.2) is 12.7 Å². The summed E-state index contributed by atoms with van der Waals surface area (Å²) in [6.07, 6.45) is 3.46. The SMILES string of the molecule is Cc1cc2c(cc1C)N(C(=O)C1CCN(S(C)(=O)=O)CC1)CC(C)C2. The quantitative estimate of drug-likeness (QED) is 0.810. The topological polar surface area (TPSA) is 57.7 Å². The summed E-state index contributed by atoms with van der Waals surface area (Å²) >= 11 is 0. The van der Waals surface area contributed by atoms with Gasteiger partial charge in [-0.2, -0.15) is 0 Å². The number of hydrogen-bond donors (Lipinski definition) is 0. The molecule has 1 unspecified atom stereocenters. The lowest BCUT2D eigenvalue weighted by molar-refractivity contribution is -0.123. The van der Waals surface area contributed by atoms with Crippen LogP contribution in [0.25, 0.3) is 0 Å². The van der Waals surface area contributed by atoms with E-state index < -0.39 is 10.0 Å². The number of piperidine rings is 1. The maximum absolute atomic E-state index is 13.2. The van der Waals surface area contributed by atoms with Gasteiger partial charge < -0.3 is 4.90 Å². The highest BCUT2D eigenvalue weighted by Gasteiger charge is 2.34. The summed E-state index contributed by atoms with van der Waals surface area (Å²) in [4.78, 5) is 15.1. The Bertz CT molecular complexity index is 780. The van der Waals surface area contributed by atoms with E-state index >= 15 is 0 Å². The number of sulfonamides is 1. The number of anilines is 1. The molecule has 2 aliphatic rings. The Morgan fingerprint density at radius 2 is 1.72 bits per heavy atom. The molecule has 1 amide bonds. The normalized spacial score (nSPS) is 22.7. The number of hydrogen-bond acceptors (Lipinski definition) is 3. The van der Waals surface area contributed by atoms with Gasteiger partial charge in [0.1, 0.15) is 0 Å². The van der Waals surface area contributed by atoms with Crippen LogP contribution in [0.4, 0.5) is 5.69 Å². The number of nitrogens with zero attached hydrogens (tertiary/aromatic N) is 2. The average Bonchev–Trinajstić information content (AvgIpc) is 2.54. The molecule has 5 nitrogen and oxygen atoms in total. The minimum absolute atomic E-state index is 0.0854. The summed E-state index contributed by atoms with van der Waals surface area (Å²) in [6, 6.07) is 4.35. The number of carbonyl (C=O) groups excluding carboxylic acids is 1. The molecular formula is C19H28N2O3S. The zero-order valence-corrected chi connectivity index (χ0v) is 16.4. The highest BCUT2D eigenvalue weighted by molar-refractivity contribution is 7.88. The Balaban J connectivity index is 1.81. The lowest BCUT2D eigenvalue weighted by Gasteiger charge is -2.38. The molecule has 0 N–H and O–H groups in total. The van der Waals surface area contributed by atoms with Crippen LogP contribution in [-0.4, -0.2) is 44.5 Å². The highest BCUT2D eigenvalue weighted by atomic mass is 32.2. The second kappa shape index (κ2) is 6.72. The maximum Gasteiger partial charge on any atom is 0.230 e. The summed E-state index contributed by atoms with van der Waals surface area (Å²) < 4.78 is 24.8. The van der Waals surface area contributed by atoms with Crippen molar-refractivity contribution >= 4 is 21.6 Å². The first-order valence-electron chi connectivity index (χ1n) is 9.03. The second-order valence-electron chi connectivity index (χ2n) is 7.76. The van der Waals surface area contributed by atoms with Crippen LogP contribution in [0.2, 0.25) is 0 Å². The summed E-state index contributed by atoms with van der Waals surface area (Å²) in [5.41, 5.74) is 4.78. The van der Waals surface area contributed by atoms with E-state index in [2.05, 4.69) is 32.9 Å². The van der Waals surface area contributed by atoms with Crippen molar-refractivity contribution in [2.75, 3.05) is 30.8 Å². The van der Waals surface area contributed by atoms with Crippen molar-refractivity contribution in [3.63, 3.8) is 0 Å². The standard InChI is InChI=1S/C19H28N2O3S/c1-13-9-17-10-14(2)15(3)11-18(17)21(12-13)19(22)16-5-7-20(8-6-16)25(4,23)24/h10-11,13,16H,5-9,12H2,1-4H3. The van der Waals surface area contributed by atoms with Crippen LogP contribution < -0.4 is 4.90 Å². The number of amides is 1. The summed E-state index contributed by atoms with van der Waals surface area (Å²) in [5, 5.41) is 0. The van der Waals surface area contributed by atoms with Crippen molar-refractivity contribution in [1.82, 2.24) is 4.31 Å². The summed E-state index contributed by atoms with van der Waals surface area (Å²) in [5.74, 6) is 0.511. The average molecular weight is 365 g/mol. The molecule has 0 spiro atoms. The predicted molar refractivity (Wildman–Crippen MR) is 100 cm³/mol. The first-order valence-corrected chi connectivity index (χ1v) is 10.9. The van der Waals surface area contributed by atoms with E-state index in [9.17, 15) is 13.2 Å². The van der Waals surface area contributed by atoms with Gasteiger partial charge in [0.15, 0.2) is 0 Å². The molecule has 6 heteroatoms. The van der Waals surface area contributed by atoms with Gasteiger partial charge in [-0.3, -0.25) is 4.79 Å². The molecule has 0 radical (unpaired) electrons. The van der Waals surface area contributed by atoms with Crippen LogP contribution in [0.5, 0.6) is 0 Å². The molecule has 2 aliphatic heterocycles. The fourth-order valence-corrected chi connectivity index (χ4v) is 4.86. The number of aryl methyl sites for hydroxylation is 2. The van der Waals surface area contributed by atoms with Crippen molar-refractivity contribution in [3.05, 3.63) is 28.8 Å². The van der Waals surface area contributed by atoms with Gasteiger partial charge in [0.2, 0.25) is 15.9 Å². The number of benzene rings is 1. The second-order valence-corrected chi connectivity index (χ2v) is 9.74. The van der Waals surface area contributed by atoms with Crippen molar-refractivity contribution in [2.45, 2.75) is 40.0 Å². The van der Waals surface area contributed by atoms with E-state index in [0.717, 1.165) is 18.7 Å². The van der Waals surface area contributed by atoms with Crippen LogP contribution in [-0.2, 0) is 21.2 Å². The van der Waals surface area contributed by atoms with E-state index in [1.54, 1.807) is 0 Å². The minimum Gasteiger partial charge on any atom is -0.312 e. The summed E-state index contributed by atoms with van der Waals surface area (Å²) in [7, 11) is -3.16. The van der Waals surface area contributed by atoms with Gasteiger partial charge in [0, 0.05) is 31.2 Å². The first-order chi connectivity index (χ1) is 11.7. The number of carbonyl (C=O) groups is 1. The molecule has 1 aromatic rings. The van der Waals surface area contributed by atoms with Crippen molar-refractivity contribution < 1.29 is 13.2 Å². The molecule has 1 aromatic carbocycles. The van der Waals surface area contributed by atoms with Crippen LogP contribution >= 0.6 is 0 Å². The maximum atomic E-state index is 13.2. The van der Waals surface area contributed by atoms with E-state index in [1.165, 1.54) is 27.3 Å². The molecular weight excluding hydrogens is 336 g/mol. The first kappa shape index (κ1) is 18.4. The van der Waals surface area contributed by atoms with Crippen molar-refractivity contribution in [3.8, 4) is 0 Å². The molecule has 25 heavy (non-hydrogen) atoms. The Kier molecular flexibility index (Phi) is 4.95. The highest BCUT2D eigenvalue weighted by Crippen LogP contribution is 2.34. The zero-order valence-electron chi connectivity index (χ0n) is 15.6.